The molecule has 0 bridgehead atoms. The molecule has 106 valence electrons. The number of furan rings is 1. The van der Waals surface area contributed by atoms with Gasteiger partial charge in [-0.25, -0.2) is 4.79 Å². The Balaban J connectivity index is 2.12. The molecule has 1 heterocycles. The van der Waals surface area contributed by atoms with Crippen molar-refractivity contribution in [2.45, 2.75) is 20.4 Å². The number of hydrogen-bond donors (Lipinski definition) is 2. The molecule has 0 amide bonds. The molecule has 2 rings (SSSR count). The van der Waals surface area contributed by atoms with Crippen molar-refractivity contribution in [3.63, 3.8) is 0 Å². The molecular formula is C15H17NO4. The van der Waals surface area contributed by atoms with E-state index in [1.165, 1.54) is 6.07 Å². The number of aromatic carboxylic acids is 1. The highest BCUT2D eigenvalue weighted by Crippen LogP contribution is 2.29. The van der Waals surface area contributed by atoms with Gasteiger partial charge >= 0.3 is 5.97 Å². The fraction of sp³-hybridized carbons (Fsp3) is 0.267. The fourth-order valence-electron chi connectivity index (χ4n) is 2.10. The Morgan fingerprint density at radius 2 is 2.05 bits per heavy atom. The van der Waals surface area contributed by atoms with Gasteiger partial charge in [0, 0.05) is 11.3 Å². The lowest BCUT2D eigenvalue weighted by Gasteiger charge is -2.14. The van der Waals surface area contributed by atoms with Crippen molar-refractivity contribution in [2.24, 2.45) is 0 Å². The zero-order chi connectivity index (χ0) is 14.7. The molecule has 1 aromatic carbocycles. The maximum absolute atomic E-state index is 10.7. The molecule has 2 N–H and O–H groups in total. The first-order valence-electron chi connectivity index (χ1n) is 6.23. The van der Waals surface area contributed by atoms with Gasteiger partial charge in [-0.3, -0.25) is 0 Å². The first-order valence-corrected chi connectivity index (χ1v) is 6.23. The summed E-state index contributed by atoms with van der Waals surface area (Å²) in [5.74, 6) is 0.298. The molecular weight excluding hydrogens is 258 g/mol. The Kier molecular flexibility index (Phi) is 3.98. The topological polar surface area (TPSA) is 71.7 Å². The van der Waals surface area contributed by atoms with Crippen molar-refractivity contribution in [3.05, 3.63) is 46.9 Å². The normalized spacial score (nSPS) is 10.3. The van der Waals surface area contributed by atoms with Crippen LogP contribution in [-0.2, 0) is 6.54 Å². The lowest BCUT2D eigenvalue weighted by molar-refractivity contribution is 0.0660. The van der Waals surface area contributed by atoms with E-state index < -0.39 is 5.97 Å². The fourth-order valence-corrected chi connectivity index (χ4v) is 2.10. The summed E-state index contributed by atoms with van der Waals surface area (Å²) in [4.78, 5) is 10.7. The zero-order valence-electron chi connectivity index (χ0n) is 11.7. The molecule has 0 atom stereocenters. The van der Waals surface area contributed by atoms with Crippen LogP contribution in [0.4, 0.5) is 5.69 Å². The number of ether oxygens (including phenoxy) is 1. The zero-order valence-corrected chi connectivity index (χ0v) is 11.7. The van der Waals surface area contributed by atoms with E-state index >= 15 is 0 Å². The standard InChI is InChI=1S/C15H17NO4/c1-9-4-6-12(10(2)14(9)19-3)16-8-11-5-7-13(20-11)15(17)18/h4-7,16H,8H2,1-3H3,(H,17,18). The molecule has 0 aliphatic heterocycles. The number of rotatable bonds is 5. The number of nitrogens with one attached hydrogen (secondary N) is 1. The van der Waals surface area contributed by atoms with Gasteiger partial charge in [-0.05, 0) is 37.6 Å². The first-order chi connectivity index (χ1) is 9.52. The third kappa shape index (κ3) is 2.77. The molecule has 2 aromatic rings. The van der Waals surface area contributed by atoms with E-state index in [-0.39, 0.29) is 5.76 Å². The van der Waals surface area contributed by atoms with E-state index in [4.69, 9.17) is 14.3 Å². The predicted molar refractivity (Wildman–Crippen MR) is 75.5 cm³/mol. The Morgan fingerprint density at radius 3 is 2.65 bits per heavy atom. The maximum atomic E-state index is 10.7. The van der Waals surface area contributed by atoms with Crippen LogP contribution >= 0.6 is 0 Å². The van der Waals surface area contributed by atoms with Crippen LogP contribution in [0.5, 0.6) is 5.75 Å². The SMILES string of the molecule is COc1c(C)ccc(NCc2ccc(C(=O)O)o2)c1C. The van der Waals surface area contributed by atoms with Crippen LogP contribution in [0, 0.1) is 13.8 Å². The van der Waals surface area contributed by atoms with Crippen molar-refractivity contribution in [1.29, 1.82) is 0 Å². The van der Waals surface area contributed by atoms with Crippen LogP contribution < -0.4 is 10.1 Å². The number of methoxy groups -OCH3 is 1. The lowest BCUT2D eigenvalue weighted by Crippen LogP contribution is -2.02. The van der Waals surface area contributed by atoms with Crippen LogP contribution in [0.1, 0.15) is 27.4 Å². The average Bonchev–Trinajstić information content (AvgIpc) is 2.87. The monoisotopic (exact) mass is 275 g/mol. The molecule has 0 aliphatic carbocycles. The molecule has 0 radical (unpaired) electrons. The average molecular weight is 275 g/mol. The van der Waals surface area contributed by atoms with Crippen LogP contribution in [0.25, 0.3) is 0 Å². The molecule has 0 spiro atoms. The quantitative estimate of drug-likeness (QED) is 0.876. The number of carboxylic acids is 1. The number of carboxylic acid groups (broad SMARTS) is 1. The van der Waals surface area contributed by atoms with E-state index in [1.54, 1.807) is 13.2 Å². The van der Waals surface area contributed by atoms with Crippen molar-refractivity contribution in [3.8, 4) is 5.75 Å². The largest absolute Gasteiger partial charge is 0.496 e. The third-order valence-electron chi connectivity index (χ3n) is 3.13. The van der Waals surface area contributed by atoms with Gasteiger partial charge in [0.05, 0.1) is 13.7 Å². The number of anilines is 1. The number of hydrogen-bond acceptors (Lipinski definition) is 4. The van der Waals surface area contributed by atoms with Crippen molar-refractivity contribution in [2.75, 3.05) is 12.4 Å². The highest BCUT2D eigenvalue weighted by molar-refractivity contribution is 5.84. The Bertz CT molecular complexity index is 631. The van der Waals surface area contributed by atoms with E-state index in [9.17, 15) is 4.79 Å². The molecule has 5 heteroatoms. The molecule has 5 nitrogen and oxygen atoms in total. The summed E-state index contributed by atoms with van der Waals surface area (Å²) < 4.78 is 10.6. The van der Waals surface area contributed by atoms with Gasteiger partial charge in [0.2, 0.25) is 5.76 Å². The highest BCUT2D eigenvalue weighted by Gasteiger charge is 2.10. The van der Waals surface area contributed by atoms with Gasteiger partial charge in [0.15, 0.2) is 0 Å². The second-order valence-corrected chi connectivity index (χ2v) is 4.51. The summed E-state index contributed by atoms with van der Waals surface area (Å²) in [6.45, 7) is 4.38. The number of aryl methyl sites for hydroxylation is 1. The van der Waals surface area contributed by atoms with Gasteiger partial charge < -0.3 is 19.6 Å². The summed E-state index contributed by atoms with van der Waals surface area (Å²) in [6.07, 6.45) is 0. The Labute approximate surface area is 117 Å². The molecule has 1 aromatic heterocycles. The van der Waals surface area contributed by atoms with Gasteiger partial charge in [-0.1, -0.05) is 6.07 Å². The van der Waals surface area contributed by atoms with Crippen LogP contribution in [0.15, 0.2) is 28.7 Å². The Hall–Kier alpha value is -2.43. The van der Waals surface area contributed by atoms with E-state index in [0.717, 1.165) is 22.6 Å². The molecule has 0 saturated carbocycles. The van der Waals surface area contributed by atoms with Crippen LogP contribution in [0.2, 0.25) is 0 Å². The van der Waals surface area contributed by atoms with Crippen molar-refractivity contribution in [1.82, 2.24) is 0 Å². The molecule has 0 saturated heterocycles. The third-order valence-corrected chi connectivity index (χ3v) is 3.13. The summed E-state index contributed by atoms with van der Waals surface area (Å²) in [5, 5.41) is 12.0. The highest BCUT2D eigenvalue weighted by atomic mass is 16.5. The summed E-state index contributed by atoms with van der Waals surface area (Å²) >= 11 is 0. The van der Waals surface area contributed by atoms with Crippen molar-refractivity contribution < 1.29 is 19.1 Å². The van der Waals surface area contributed by atoms with Crippen LogP contribution in [-0.4, -0.2) is 18.2 Å². The smallest absolute Gasteiger partial charge is 0.371 e. The summed E-state index contributed by atoms with van der Waals surface area (Å²) in [7, 11) is 1.64. The second kappa shape index (κ2) is 5.69. The van der Waals surface area contributed by atoms with Gasteiger partial charge in [0.25, 0.3) is 0 Å². The molecule has 20 heavy (non-hydrogen) atoms. The molecule has 0 aliphatic rings. The Morgan fingerprint density at radius 1 is 1.30 bits per heavy atom. The summed E-state index contributed by atoms with van der Waals surface area (Å²) in [6, 6.07) is 7.03. The predicted octanol–water partition coefficient (Wildman–Crippen LogP) is 3.22. The van der Waals surface area contributed by atoms with E-state index in [2.05, 4.69) is 5.32 Å². The molecule has 0 unspecified atom stereocenters. The minimum atomic E-state index is -1.07. The lowest BCUT2D eigenvalue weighted by atomic mass is 10.1. The minimum absolute atomic E-state index is 0.0555. The number of carbonyl (C=O) groups is 1. The van der Waals surface area contributed by atoms with E-state index in [1.807, 2.05) is 26.0 Å². The first kappa shape index (κ1) is 14.0. The van der Waals surface area contributed by atoms with Gasteiger partial charge in [-0.2, -0.15) is 0 Å². The number of benzene rings is 1. The van der Waals surface area contributed by atoms with Gasteiger partial charge in [-0.15, -0.1) is 0 Å². The summed E-state index contributed by atoms with van der Waals surface area (Å²) in [5.41, 5.74) is 3.01. The minimum Gasteiger partial charge on any atom is -0.496 e. The maximum Gasteiger partial charge on any atom is 0.371 e. The van der Waals surface area contributed by atoms with E-state index in [0.29, 0.717) is 12.3 Å². The van der Waals surface area contributed by atoms with Crippen molar-refractivity contribution >= 4 is 11.7 Å². The molecule has 0 fully saturated rings. The second-order valence-electron chi connectivity index (χ2n) is 4.51. The van der Waals surface area contributed by atoms with Crippen LogP contribution in [0.3, 0.4) is 0 Å². The van der Waals surface area contributed by atoms with Gasteiger partial charge in [0.1, 0.15) is 11.5 Å².